The third-order valence-corrected chi connectivity index (χ3v) is 4.75. The molecule has 0 bridgehead atoms. The average molecular weight is 305 g/mol. The Morgan fingerprint density at radius 3 is 1.13 bits per heavy atom. The molecule has 2 nitrogen and oxygen atoms in total. The number of fused-ring (bicyclic) bond motifs is 2. The topological polar surface area (TPSA) is 18.5 Å². The van der Waals surface area contributed by atoms with Crippen LogP contribution in [0.5, 0.6) is 0 Å². The molecule has 0 aromatic heterocycles. The Kier molecular flexibility index (Phi) is 4.18. The van der Waals surface area contributed by atoms with E-state index in [9.17, 15) is 0 Å². The van der Waals surface area contributed by atoms with Crippen molar-refractivity contribution in [3.63, 3.8) is 0 Å². The lowest BCUT2D eigenvalue weighted by molar-refractivity contribution is 0.00578. The molecule has 1 aliphatic heterocycles. The Bertz CT molecular complexity index is 705. The molecule has 0 N–H and O–H groups in total. The maximum Gasteiger partial charge on any atom is 0.488 e. The molecule has 1 saturated heterocycles. The van der Waals surface area contributed by atoms with E-state index < -0.39 is 0 Å². The van der Waals surface area contributed by atoms with Crippen LogP contribution in [0, 0.1) is 0 Å². The molecule has 1 radical (unpaired) electrons. The largest absolute Gasteiger partial charge is 0.488 e. The maximum absolute atomic E-state index is 5.21. The molecule has 117 valence electrons. The summed E-state index contributed by atoms with van der Waals surface area (Å²) in [7, 11) is 1.42. The van der Waals surface area contributed by atoms with E-state index in [1.807, 2.05) is 27.7 Å². The molecule has 3 heteroatoms. The summed E-state index contributed by atoms with van der Waals surface area (Å²) in [6.45, 7) is 8.04. The van der Waals surface area contributed by atoms with E-state index in [0.29, 0.717) is 0 Å². The van der Waals surface area contributed by atoms with Crippen LogP contribution in [0.3, 0.4) is 0 Å². The third kappa shape index (κ3) is 3.26. The van der Waals surface area contributed by atoms with Gasteiger partial charge in [-0.05, 0) is 61.4 Å². The van der Waals surface area contributed by atoms with E-state index in [1.165, 1.54) is 29.2 Å². The molecule has 0 atom stereocenters. The summed E-state index contributed by atoms with van der Waals surface area (Å²) in [5, 5.41) is 5.25. The predicted octanol–water partition coefficient (Wildman–Crippen LogP) is 5.12. The molecule has 0 aliphatic carbocycles. The van der Waals surface area contributed by atoms with E-state index in [0.717, 1.165) is 0 Å². The van der Waals surface area contributed by atoms with Gasteiger partial charge in [0.25, 0.3) is 0 Å². The van der Waals surface area contributed by atoms with Crippen LogP contribution < -0.4 is 0 Å². The van der Waals surface area contributed by atoms with Crippen molar-refractivity contribution in [2.75, 3.05) is 0 Å². The molecule has 0 unspecified atom stereocenters. The Morgan fingerprint density at radius 2 is 0.913 bits per heavy atom. The lowest BCUT2D eigenvalue weighted by atomic mass is 9.90. The van der Waals surface area contributed by atoms with Gasteiger partial charge in [-0.2, -0.15) is 0 Å². The molecule has 3 aromatic rings. The molecule has 0 spiro atoms. The quantitative estimate of drug-likeness (QED) is 0.424. The highest BCUT2D eigenvalue weighted by Crippen LogP contribution is 2.33. The fourth-order valence-electron chi connectivity index (χ4n) is 2.43. The van der Waals surface area contributed by atoms with E-state index in [2.05, 4.69) is 60.7 Å². The third-order valence-electron chi connectivity index (χ3n) is 4.75. The first-order chi connectivity index (χ1) is 10.9. The van der Waals surface area contributed by atoms with Crippen molar-refractivity contribution in [3.05, 3.63) is 60.7 Å². The molecule has 23 heavy (non-hydrogen) atoms. The molecule has 0 saturated carbocycles. The van der Waals surface area contributed by atoms with E-state index in [1.54, 1.807) is 0 Å². The van der Waals surface area contributed by atoms with E-state index in [-0.39, 0.29) is 11.2 Å². The van der Waals surface area contributed by atoms with Gasteiger partial charge in [-0.15, -0.1) is 0 Å². The van der Waals surface area contributed by atoms with Gasteiger partial charge in [0.2, 0.25) is 0 Å². The van der Waals surface area contributed by atoms with Gasteiger partial charge in [-0.25, -0.2) is 0 Å². The number of hydrogen-bond acceptors (Lipinski definition) is 2. The number of hydrogen-bond donors (Lipinski definition) is 0. The molecule has 4 rings (SSSR count). The van der Waals surface area contributed by atoms with E-state index >= 15 is 0 Å². The fourth-order valence-corrected chi connectivity index (χ4v) is 2.43. The van der Waals surface area contributed by atoms with Gasteiger partial charge in [0, 0.05) is 0 Å². The highest BCUT2D eigenvalue weighted by Gasteiger charge is 2.44. The zero-order valence-electron chi connectivity index (χ0n) is 14.2. The van der Waals surface area contributed by atoms with Crippen molar-refractivity contribution >= 4 is 29.2 Å². The van der Waals surface area contributed by atoms with Gasteiger partial charge in [-0.1, -0.05) is 48.5 Å². The second-order valence-electron chi connectivity index (χ2n) is 6.90. The average Bonchev–Trinajstić information content (AvgIpc) is 2.77. The Labute approximate surface area is 138 Å². The van der Waals surface area contributed by atoms with Gasteiger partial charge in [0.05, 0.1) is 11.2 Å². The lowest BCUT2D eigenvalue weighted by Crippen LogP contribution is -2.41. The first kappa shape index (κ1) is 16.0. The van der Waals surface area contributed by atoms with Gasteiger partial charge in [0.1, 0.15) is 0 Å². The zero-order valence-corrected chi connectivity index (χ0v) is 14.2. The standard InChI is InChI=1S/C14H10.C6H12BO2/c1-2-6-12-10-14-8-4-3-7-13(14)9-11(12)5-1;1-5(2)6(3,4)9-7-8-5/h1-10H;1-4H3. The molecular formula is C20H22BO2. The Balaban J connectivity index is 0.000000151. The lowest BCUT2D eigenvalue weighted by Gasteiger charge is -2.32. The predicted molar refractivity (Wildman–Crippen MR) is 97.5 cm³/mol. The summed E-state index contributed by atoms with van der Waals surface area (Å²) >= 11 is 0. The highest BCUT2D eigenvalue weighted by molar-refractivity contribution is 6.19. The molecule has 0 amide bonds. The summed E-state index contributed by atoms with van der Waals surface area (Å²) in [6.07, 6.45) is 0. The van der Waals surface area contributed by atoms with Crippen molar-refractivity contribution in [1.82, 2.24) is 0 Å². The molecule has 1 aliphatic rings. The van der Waals surface area contributed by atoms with Crippen molar-refractivity contribution in [3.8, 4) is 0 Å². The van der Waals surface area contributed by atoms with E-state index in [4.69, 9.17) is 9.31 Å². The van der Waals surface area contributed by atoms with Gasteiger partial charge in [-0.3, -0.25) is 0 Å². The molecule has 3 aromatic carbocycles. The fraction of sp³-hybridized carbons (Fsp3) is 0.300. The van der Waals surface area contributed by atoms with Crippen LogP contribution in [0.4, 0.5) is 0 Å². The maximum atomic E-state index is 5.21. The summed E-state index contributed by atoms with van der Waals surface area (Å²) in [5.74, 6) is 0. The summed E-state index contributed by atoms with van der Waals surface area (Å²) in [4.78, 5) is 0. The van der Waals surface area contributed by atoms with Crippen LogP contribution >= 0.6 is 0 Å². The first-order valence-electron chi connectivity index (χ1n) is 7.94. The first-order valence-corrected chi connectivity index (χ1v) is 7.94. The minimum atomic E-state index is -0.188. The molecular weight excluding hydrogens is 283 g/mol. The Morgan fingerprint density at radius 1 is 0.609 bits per heavy atom. The normalized spacial score (nSPS) is 18.3. The van der Waals surface area contributed by atoms with Crippen molar-refractivity contribution in [2.24, 2.45) is 0 Å². The van der Waals surface area contributed by atoms with Crippen molar-refractivity contribution < 1.29 is 9.31 Å². The monoisotopic (exact) mass is 305 g/mol. The number of benzene rings is 3. The highest BCUT2D eigenvalue weighted by atomic mass is 16.7. The number of rotatable bonds is 0. The van der Waals surface area contributed by atoms with Gasteiger partial charge in [0.15, 0.2) is 0 Å². The van der Waals surface area contributed by atoms with Crippen LogP contribution in [0.2, 0.25) is 0 Å². The van der Waals surface area contributed by atoms with Gasteiger partial charge >= 0.3 is 7.69 Å². The second-order valence-corrected chi connectivity index (χ2v) is 6.90. The van der Waals surface area contributed by atoms with Crippen LogP contribution in [0.25, 0.3) is 21.5 Å². The second kappa shape index (κ2) is 5.99. The molecule has 1 fully saturated rings. The zero-order chi connectivity index (χ0) is 16.5. The van der Waals surface area contributed by atoms with Crippen LogP contribution in [-0.2, 0) is 9.31 Å². The van der Waals surface area contributed by atoms with Crippen LogP contribution in [0.15, 0.2) is 60.7 Å². The summed E-state index contributed by atoms with van der Waals surface area (Å²) in [5.41, 5.74) is -0.375. The summed E-state index contributed by atoms with van der Waals surface area (Å²) < 4.78 is 10.4. The Hall–Kier alpha value is -1.84. The van der Waals surface area contributed by atoms with Crippen molar-refractivity contribution in [1.29, 1.82) is 0 Å². The minimum absolute atomic E-state index is 0.187. The summed E-state index contributed by atoms with van der Waals surface area (Å²) in [6, 6.07) is 21.4. The van der Waals surface area contributed by atoms with Crippen LogP contribution in [0.1, 0.15) is 27.7 Å². The van der Waals surface area contributed by atoms with Gasteiger partial charge < -0.3 is 9.31 Å². The van der Waals surface area contributed by atoms with Crippen LogP contribution in [-0.4, -0.2) is 18.9 Å². The smallest absolute Gasteiger partial charge is 0.405 e. The SMILES string of the molecule is CC1(C)O[B]OC1(C)C.c1ccc2cc3ccccc3cc2c1. The van der Waals surface area contributed by atoms with Crippen molar-refractivity contribution in [2.45, 2.75) is 38.9 Å². The molecule has 1 heterocycles. The minimum Gasteiger partial charge on any atom is -0.405 e.